The summed E-state index contributed by atoms with van der Waals surface area (Å²) < 4.78 is 1.81. The molecule has 6 nitrogen and oxygen atoms in total. The Kier molecular flexibility index (Phi) is 2.87. The number of hydrogen-bond donors (Lipinski definition) is 1. The van der Waals surface area contributed by atoms with Crippen molar-refractivity contribution in [2.24, 2.45) is 5.16 Å². The minimum Gasteiger partial charge on any atom is -0.478 e. The smallest absolute Gasteiger partial charge is 0.351 e. The third kappa shape index (κ3) is 2.15. The monoisotopic (exact) mass is 237 g/mol. The van der Waals surface area contributed by atoms with E-state index >= 15 is 0 Å². The van der Waals surface area contributed by atoms with Gasteiger partial charge in [0, 0.05) is 24.7 Å². The largest absolute Gasteiger partial charge is 0.478 e. The Balaban J connectivity index is 2.12. The van der Waals surface area contributed by atoms with Crippen LogP contribution in [0.1, 0.15) is 32.3 Å². The summed E-state index contributed by atoms with van der Waals surface area (Å²) in [7, 11) is 0. The van der Waals surface area contributed by atoms with E-state index in [0.29, 0.717) is 5.71 Å². The number of oxime groups is 1. The van der Waals surface area contributed by atoms with E-state index in [-0.39, 0.29) is 6.42 Å². The maximum absolute atomic E-state index is 11.0. The number of carbonyl (C=O) groups is 1. The average molecular weight is 237 g/mol. The normalized spacial score (nSPS) is 23.3. The molecule has 2 rings (SSSR count). The number of rotatable bonds is 4. The molecule has 0 bridgehead atoms. The van der Waals surface area contributed by atoms with Gasteiger partial charge < -0.3 is 9.94 Å². The summed E-state index contributed by atoms with van der Waals surface area (Å²) in [5.74, 6) is -1.00. The molecule has 1 aliphatic heterocycles. The molecular formula is C11H15N3O3. The highest BCUT2D eigenvalue weighted by molar-refractivity contribution is 6.04. The van der Waals surface area contributed by atoms with E-state index in [1.165, 1.54) is 6.92 Å². The molecule has 0 amide bonds. The van der Waals surface area contributed by atoms with Crippen LogP contribution in [0.25, 0.3) is 0 Å². The molecule has 0 saturated heterocycles. The Morgan fingerprint density at radius 2 is 2.47 bits per heavy atom. The molecule has 1 N–H and O–H groups in total. The van der Waals surface area contributed by atoms with Crippen LogP contribution in [0, 0.1) is 0 Å². The number of nitrogens with zero attached hydrogens (tertiary/aromatic N) is 3. The van der Waals surface area contributed by atoms with Gasteiger partial charge in [-0.05, 0) is 13.3 Å². The predicted molar refractivity (Wildman–Crippen MR) is 60.8 cm³/mol. The molecule has 92 valence electrons. The van der Waals surface area contributed by atoms with E-state index in [0.717, 1.165) is 18.5 Å². The van der Waals surface area contributed by atoms with E-state index in [1.54, 1.807) is 6.20 Å². The maximum Gasteiger partial charge on any atom is 0.351 e. The quantitative estimate of drug-likeness (QED) is 0.855. The van der Waals surface area contributed by atoms with Gasteiger partial charge in [-0.1, -0.05) is 12.1 Å². The SMILES string of the molecule is CCCn1cc(C2=NOC(C)(C(=O)O)C2)cn1. The van der Waals surface area contributed by atoms with Crippen LogP contribution in [-0.2, 0) is 16.2 Å². The highest BCUT2D eigenvalue weighted by Crippen LogP contribution is 2.26. The van der Waals surface area contributed by atoms with Crippen molar-refractivity contribution in [3.05, 3.63) is 18.0 Å². The molecule has 0 aliphatic carbocycles. The Morgan fingerprint density at radius 1 is 1.71 bits per heavy atom. The Bertz CT molecular complexity index is 466. The molecule has 1 atom stereocenters. The van der Waals surface area contributed by atoms with Gasteiger partial charge in [0.05, 0.1) is 11.9 Å². The number of aromatic nitrogens is 2. The highest BCUT2D eigenvalue weighted by atomic mass is 16.7. The zero-order chi connectivity index (χ0) is 12.5. The fourth-order valence-corrected chi connectivity index (χ4v) is 1.67. The lowest BCUT2D eigenvalue weighted by Crippen LogP contribution is -2.35. The first-order chi connectivity index (χ1) is 8.05. The minimum absolute atomic E-state index is 0.264. The van der Waals surface area contributed by atoms with Crippen molar-refractivity contribution in [1.82, 2.24) is 9.78 Å². The van der Waals surface area contributed by atoms with Crippen LogP contribution in [-0.4, -0.2) is 32.2 Å². The third-order valence-electron chi connectivity index (χ3n) is 2.73. The van der Waals surface area contributed by atoms with Crippen LogP contribution < -0.4 is 0 Å². The minimum atomic E-state index is -1.25. The van der Waals surface area contributed by atoms with Crippen molar-refractivity contribution in [1.29, 1.82) is 0 Å². The molecule has 0 spiro atoms. The van der Waals surface area contributed by atoms with Gasteiger partial charge in [-0.2, -0.15) is 5.10 Å². The fraction of sp³-hybridized carbons (Fsp3) is 0.545. The van der Waals surface area contributed by atoms with E-state index in [9.17, 15) is 4.79 Å². The summed E-state index contributed by atoms with van der Waals surface area (Å²) in [6.45, 7) is 4.42. The van der Waals surface area contributed by atoms with Gasteiger partial charge in [0.25, 0.3) is 0 Å². The number of hydrogen-bond acceptors (Lipinski definition) is 4. The number of aryl methyl sites for hydroxylation is 1. The van der Waals surface area contributed by atoms with Gasteiger partial charge in [0.1, 0.15) is 0 Å². The maximum atomic E-state index is 11.0. The summed E-state index contributed by atoms with van der Waals surface area (Å²) in [5, 5.41) is 17.0. The first-order valence-corrected chi connectivity index (χ1v) is 5.56. The summed E-state index contributed by atoms with van der Waals surface area (Å²) in [6, 6.07) is 0. The highest BCUT2D eigenvalue weighted by Gasteiger charge is 2.42. The molecule has 2 heterocycles. The van der Waals surface area contributed by atoms with E-state index in [1.807, 2.05) is 10.9 Å². The van der Waals surface area contributed by atoms with Crippen LogP contribution in [0.3, 0.4) is 0 Å². The predicted octanol–water partition coefficient (Wildman–Crippen LogP) is 1.26. The van der Waals surface area contributed by atoms with Crippen LogP contribution in [0.4, 0.5) is 0 Å². The summed E-state index contributed by atoms with van der Waals surface area (Å²) in [6.07, 6.45) is 4.81. The van der Waals surface area contributed by atoms with Crippen molar-refractivity contribution in [2.45, 2.75) is 38.8 Å². The molecule has 1 unspecified atom stereocenters. The first-order valence-electron chi connectivity index (χ1n) is 5.56. The zero-order valence-electron chi connectivity index (χ0n) is 9.88. The Labute approximate surface area is 98.9 Å². The van der Waals surface area contributed by atoms with E-state index < -0.39 is 11.6 Å². The third-order valence-corrected chi connectivity index (χ3v) is 2.73. The van der Waals surface area contributed by atoms with Crippen molar-refractivity contribution >= 4 is 11.7 Å². The summed E-state index contributed by atoms with van der Waals surface area (Å²) in [4.78, 5) is 16.0. The topological polar surface area (TPSA) is 76.7 Å². The van der Waals surface area contributed by atoms with Crippen molar-refractivity contribution in [3.8, 4) is 0 Å². The lowest BCUT2D eigenvalue weighted by atomic mass is 9.98. The second kappa shape index (κ2) is 4.20. The molecule has 0 saturated carbocycles. The molecule has 0 fully saturated rings. The van der Waals surface area contributed by atoms with Crippen LogP contribution >= 0.6 is 0 Å². The van der Waals surface area contributed by atoms with Crippen LogP contribution in [0.2, 0.25) is 0 Å². The lowest BCUT2D eigenvalue weighted by Gasteiger charge is -2.14. The van der Waals surface area contributed by atoms with E-state index in [4.69, 9.17) is 9.94 Å². The average Bonchev–Trinajstić information content (AvgIpc) is 2.86. The van der Waals surface area contributed by atoms with Gasteiger partial charge in [-0.25, -0.2) is 4.79 Å². The number of carboxylic acid groups (broad SMARTS) is 1. The molecule has 0 radical (unpaired) electrons. The zero-order valence-corrected chi connectivity index (χ0v) is 9.88. The van der Waals surface area contributed by atoms with Crippen LogP contribution in [0.15, 0.2) is 17.5 Å². The Morgan fingerprint density at radius 3 is 3.06 bits per heavy atom. The van der Waals surface area contributed by atoms with Gasteiger partial charge in [0.15, 0.2) is 0 Å². The van der Waals surface area contributed by atoms with Crippen molar-refractivity contribution in [3.63, 3.8) is 0 Å². The first kappa shape index (κ1) is 11.6. The molecule has 1 aliphatic rings. The lowest BCUT2D eigenvalue weighted by molar-refractivity contribution is -0.160. The second-order valence-electron chi connectivity index (χ2n) is 4.33. The van der Waals surface area contributed by atoms with Gasteiger partial charge in [0.2, 0.25) is 5.60 Å². The number of carboxylic acids is 1. The molecule has 17 heavy (non-hydrogen) atoms. The molecule has 1 aromatic rings. The van der Waals surface area contributed by atoms with Crippen molar-refractivity contribution in [2.75, 3.05) is 0 Å². The summed E-state index contributed by atoms with van der Waals surface area (Å²) in [5.41, 5.74) is 0.211. The van der Waals surface area contributed by atoms with Gasteiger partial charge in [-0.15, -0.1) is 0 Å². The van der Waals surface area contributed by atoms with Gasteiger partial charge in [-0.3, -0.25) is 4.68 Å². The second-order valence-corrected chi connectivity index (χ2v) is 4.33. The van der Waals surface area contributed by atoms with Crippen molar-refractivity contribution < 1.29 is 14.7 Å². The van der Waals surface area contributed by atoms with Crippen LogP contribution in [0.5, 0.6) is 0 Å². The van der Waals surface area contributed by atoms with E-state index in [2.05, 4.69) is 17.2 Å². The summed E-state index contributed by atoms with van der Waals surface area (Å²) >= 11 is 0. The standard InChI is InChI=1S/C11H15N3O3/c1-3-4-14-7-8(6-12-14)9-5-11(2,10(15)16)17-13-9/h6-7H,3-5H2,1-2H3,(H,15,16). The molecular weight excluding hydrogens is 222 g/mol. The van der Waals surface area contributed by atoms with Gasteiger partial charge >= 0.3 is 5.97 Å². The Hall–Kier alpha value is -1.85. The fourth-order valence-electron chi connectivity index (χ4n) is 1.67. The molecule has 6 heteroatoms. The number of aliphatic carboxylic acids is 1. The molecule has 0 aromatic carbocycles. The molecule has 1 aromatic heterocycles.